The molecule has 1 saturated heterocycles. The first-order valence-corrected chi connectivity index (χ1v) is 10.7. The summed E-state index contributed by atoms with van der Waals surface area (Å²) in [5.74, 6) is 0.486. The van der Waals surface area contributed by atoms with Crippen molar-refractivity contribution >= 4 is 12.2 Å². The Morgan fingerprint density at radius 2 is 1.97 bits per heavy atom. The van der Waals surface area contributed by atoms with Gasteiger partial charge in [0.1, 0.15) is 5.82 Å². The second-order valence-electron chi connectivity index (χ2n) is 7.94. The van der Waals surface area contributed by atoms with Crippen LogP contribution in [0.15, 0.2) is 48.5 Å². The Kier molecular flexibility index (Phi) is 6.41. The second kappa shape index (κ2) is 9.20. The van der Waals surface area contributed by atoms with E-state index in [0.29, 0.717) is 18.0 Å². The number of benzene rings is 2. The van der Waals surface area contributed by atoms with E-state index in [9.17, 15) is 4.39 Å². The lowest BCUT2D eigenvalue weighted by Crippen LogP contribution is -2.23. The molecule has 2 aromatic carbocycles. The fourth-order valence-electron chi connectivity index (χ4n) is 3.86. The fraction of sp³-hybridized carbons (Fsp3) is 0.391. The molecule has 4 rings (SSSR count). The molecule has 7 heteroatoms. The molecular weight excluding hydrogens is 399 g/mol. The Bertz CT molecular complexity index is 1050. The summed E-state index contributed by atoms with van der Waals surface area (Å²) in [6.07, 6.45) is 2.22. The number of aromatic nitrogens is 3. The summed E-state index contributed by atoms with van der Waals surface area (Å²) in [6, 6.07) is 14.8. The molecule has 0 bridgehead atoms. The van der Waals surface area contributed by atoms with Crippen molar-refractivity contribution in [1.82, 2.24) is 19.2 Å². The van der Waals surface area contributed by atoms with Gasteiger partial charge in [-0.25, -0.2) is 9.07 Å². The SMILES string of the molecule is Cc1ccccc1CN(C)Cn1nc(-c2ccc(F)cc2)n(C[C@H]2CCCO2)c1=S. The van der Waals surface area contributed by atoms with E-state index in [4.69, 9.17) is 22.1 Å². The van der Waals surface area contributed by atoms with Crippen LogP contribution in [0.5, 0.6) is 0 Å². The molecule has 30 heavy (non-hydrogen) atoms. The summed E-state index contributed by atoms with van der Waals surface area (Å²) in [5, 5.41) is 4.81. The Morgan fingerprint density at radius 1 is 1.20 bits per heavy atom. The lowest BCUT2D eigenvalue weighted by atomic mass is 10.1. The lowest BCUT2D eigenvalue weighted by Gasteiger charge is -2.17. The molecule has 1 aromatic heterocycles. The zero-order chi connectivity index (χ0) is 21.1. The smallest absolute Gasteiger partial charge is 0.199 e. The van der Waals surface area contributed by atoms with Crippen molar-refractivity contribution in [2.45, 2.75) is 45.6 Å². The van der Waals surface area contributed by atoms with Crippen LogP contribution in [0.3, 0.4) is 0 Å². The highest BCUT2D eigenvalue weighted by atomic mass is 32.1. The second-order valence-corrected chi connectivity index (χ2v) is 8.31. The van der Waals surface area contributed by atoms with Crippen LogP contribution < -0.4 is 0 Å². The van der Waals surface area contributed by atoms with E-state index in [1.165, 1.54) is 23.3 Å². The Morgan fingerprint density at radius 3 is 2.67 bits per heavy atom. The number of aryl methyl sites for hydroxylation is 1. The van der Waals surface area contributed by atoms with E-state index >= 15 is 0 Å². The maximum Gasteiger partial charge on any atom is 0.199 e. The molecular formula is C23H27FN4OS. The van der Waals surface area contributed by atoms with E-state index in [0.717, 1.165) is 37.4 Å². The number of hydrogen-bond donors (Lipinski definition) is 0. The normalized spacial score (nSPS) is 16.5. The van der Waals surface area contributed by atoms with Crippen molar-refractivity contribution in [1.29, 1.82) is 0 Å². The first kappa shape index (κ1) is 20.9. The van der Waals surface area contributed by atoms with Crippen molar-refractivity contribution < 1.29 is 9.13 Å². The van der Waals surface area contributed by atoms with Crippen molar-refractivity contribution in [3.05, 3.63) is 70.2 Å². The van der Waals surface area contributed by atoms with E-state index in [1.807, 2.05) is 9.25 Å². The van der Waals surface area contributed by atoms with Gasteiger partial charge < -0.3 is 4.74 Å². The highest BCUT2D eigenvalue weighted by Crippen LogP contribution is 2.22. The van der Waals surface area contributed by atoms with E-state index in [1.54, 1.807) is 12.1 Å². The third-order valence-corrected chi connectivity index (χ3v) is 5.94. The largest absolute Gasteiger partial charge is 0.376 e. The molecule has 0 spiro atoms. The Labute approximate surface area is 181 Å². The third kappa shape index (κ3) is 4.69. The van der Waals surface area contributed by atoms with Crippen LogP contribution in [0.4, 0.5) is 4.39 Å². The average molecular weight is 427 g/mol. The lowest BCUT2D eigenvalue weighted by molar-refractivity contribution is 0.0967. The molecule has 5 nitrogen and oxygen atoms in total. The standard InChI is InChI=1S/C23H27FN4OS/c1-17-6-3-4-7-19(17)14-26(2)16-28-23(30)27(15-21-8-5-13-29-21)22(25-28)18-9-11-20(24)12-10-18/h3-4,6-7,9-12,21H,5,8,13-16H2,1-2H3/t21-/m1/s1. The first-order chi connectivity index (χ1) is 14.5. The molecule has 1 fully saturated rings. The van der Waals surface area contributed by atoms with E-state index in [2.05, 4.69) is 43.1 Å². The van der Waals surface area contributed by atoms with Crippen LogP contribution in [0.25, 0.3) is 11.4 Å². The number of halogens is 1. The molecule has 0 N–H and O–H groups in total. The van der Waals surface area contributed by atoms with Gasteiger partial charge in [-0.1, -0.05) is 24.3 Å². The third-order valence-electron chi connectivity index (χ3n) is 5.51. The predicted molar refractivity (Wildman–Crippen MR) is 118 cm³/mol. The molecule has 1 aliphatic rings. The molecule has 1 atom stereocenters. The van der Waals surface area contributed by atoms with Crippen LogP contribution in [-0.4, -0.2) is 39.0 Å². The molecule has 0 unspecified atom stereocenters. The molecule has 0 aliphatic carbocycles. The monoisotopic (exact) mass is 426 g/mol. The zero-order valence-electron chi connectivity index (χ0n) is 17.4. The van der Waals surface area contributed by atoms with Gasteiger partial charge in [-0.2, -0.15) is 5.10 Å². The molecule has 3 aromatic rings. The minimum Gasteiger partial charge on any atom is -0.376 e. The highest BCUT2D eigenvalue weighted by molar-refractivity contribution is 7.71. The van der Waals surface area contributed by atoms with Gasteiger partial charge in [-0.3, -0.25) is 9.47 Å². The Balaban J connectivity index is 1.61. The predicted octanol–water partition coefficient (Wildman–Crippen LogP) is 4.80. The van der Waals surface area contributed by atoms with Gasteiger partial charge in [0.15, 0.2) is 10.6 Å². The molecule has 0 radical (unpaired) electrons. The number of hydrogen-bond acceptors (Lipinski definition) is 4. The maximum atomic E-state index is 13.4. The summed E-state index contributed by atoms with van der Waals surface area (Å²) in [5.41, 5.74) is 3.40. The maximum absolute atomic E-state index is 13.4. The fourth-order valence-corrected chi connectivity index (χ4v) is 4.12. The van der Waals surface area contributed by atoms with Gasteiger partial charge in [0.05, 0.1) is 19.3 Å². The summed E-state index contributed by atoms with van der Waals surface area (Å²) in [7, 11) is 2.06. The van der Waals surface area contributed by atoms with Crippen molar-refractivity contribution in [3.63, 3.8) is 0 Å². The minimum atomic E-state index is -0.263. The Hall–Kier alpha value is -2.35. The van der Waals surface area contributed by atoms with Gasteiger partial charge in [0, 0.05) is 18.7 Å². The van der Waals surface area contributed by atoms with Crippen molar-refractivity contribution in [2.75, 3.05) is 13.7 Å². The molecule has 2 heterocycles. The van der Waals surface area contributed by atoms with E-state index < -0.39 is 0 Å². The zero-order valence-corrected chi connectivity index (χ0v) is 18.2. The van der Waals surface area contributed by atoms with Crippen LogP contribution in [0, 0.1) is 17.5 Å². The van der Waals surface area contributed by atoms with Gasteiger partial charge in [-0.05, 0) is 74.4 Å². The first-order valence-electron chi connectivity index (χ1n) is 10.3. The van der Waals surface area contributed by atoms with Gasteiger partial charge in [-0.15, -0.1) is 0 Å². The van der Waals surface area contributed by atoms with Crippen LogP contribution in [0.1, 0.15) is 24.0 Å². The van der Waals surface area contributed by atoms with E-state index in [-0.39, 0.29) is 11.9 Å². The van der Waals surface area contributed by atoms with Crippen molar-refractivity contribution in [3.8, 4) is 11.4 Å². The molecule has 1 aliphatic heterocycles. The quantitative estimate of drug-likeness (QED) is 0.509. The van der Waals surface area contributed by atoms with Gasteiger partial charge in [0.25, 0.3) is 0 Å². The molecule has 0 saturated carbocycles. The number of nitrogens with zero attached hydrogens (tertiary/aromatic N) is 4. The van der Waals surface area contributed by atoms with Crippen LogP contribution in [0.2, 0.25) is 0 Å². The average Bonchev–Trinajstić information content (AvgIpc) is 3.34. The number of ether oxygens (including phenoxy) is 1. The summed E-state index contributed by atoms with van der Waals surface area (Å²) >= 11 is 5.79. The van der Waals surface area contributed by atoms with Crippen molar-refractivity contribution in [2.24, 2.45) is 0 Å². The molecule has 0 amide bonds. The highest BCUT2D eigenvalue weighted by Gasteiger charge is 2.21. The minimum absolute atomic E-state index is 0.137. The number of rotatable bonds is 7. The molecule has 158 valence electrons. The summed E-state index contributed by atoms with van der Waals surface area (Å²) in [6.45, 7) is 4.95. The van der Waals surface area contributed by atoms with Crippen LogP contribution in [-0.2, 0) is 24.5 Å². The van der Waals surface area contributed by atoms with Gasteiger partial charge >= 0.3 is 0 Å². The van der Waals surface area contributed by atoms with Crippen LogP contribution >= 0.6 is 12.2 Å². The summed E-state index contributed by atoms with van der Waals surface area (Å²) < 4.78 is 23.8. The topological polar surface area (TPSA) is 35.2 Å². The summed E-state index contributed by atoms with van der Waals surface area (Å²) in [4.78, 5) is 2.19. The van der Waals surface area contributed by atoms with Gasteiger partial charge in [0.2, 0.25) is 0 Å².